The fourth-order valence-electron chi connectivity index (χ4n) is 4.62. The molecule has 0 aliphatic rings. The molecule has 0 aromatic heterocycles. The molecule has 8 nitrogen and oxygen atoms in total. The van der Waals surface area contributed by atoms with Gasteiger partial charge in [0.25, 0.3) is 0 Å². The summed E-state index contributed by atoms with van der Waals surface area (Å²) in [4.78, 5) is 55.3. The lowest BCUT2D eigenvalue weighted by molar-refractivity contribution is -0.154. The molecule has 0 unspecified atom stereocenters. The normalized spacial score (nSPS) is 13.1. The van der Waals surface area contributed by atoms with Crippen molar-refractivity contribution in [2.75, 3.05) is 21.2 Å². The minimum Gasteiger partial charge on any atom is -0.497 e. The Morgan fingerprint density at radius 1 is 0.946 bits per heavy atom. The minimum atomic E-state index is -1.28. The van der Waals surface area contributed by atoms with Gasteiger partial charge in [-0.25, -0.2) is 0 Å². The quantitative estimate of drug-likeness (QED) is 0.263. The van der Waals surface area contributed by atoms with Crippen LogP contribution in [0.4, 0.5) is 0 Å². The molecule has 0 saturated carbocycles. The number of benzene rings is 1. The van der Waals surface area contributed by atoms with Gasteiger partial charge < -0.3 is 20.3 Å². The van der Waals surface area contributed by atoms with Crippen molar-refractivity contribution in [2.24, 2.45) is 17.1 Å². The second-order valence-electron chi connectivity index (χ2n) is 10.7. The number of nitrogens with zero attached hydrogens (tertiary/aromatic N) is 2. The lowest BCUT2D eigenvalue weighted by Gasteiger charge is -2.37. The van der Waals surface area contributed by atoms with E-state index >= 15 is 0 Å². The Morgan fingerprint density at radius 2 is 1.51 bits per heavy atom. The Labute approximate surface area is 222 Å². The molecule has 0 aliphatic carbocycles. The maximum Gasteiger partial charge on any atom is 0.246 e. The highest BCUT2D eigenvalue weighted by Crippen LogP contribution is 2.26. The number of rotatable bonds is 16. The van der Waals surface area contributed by atoms with Gasteiger partial charge in [0.15, 0.2) is 0 Å². The highest BCUT2D eigenvalue weighted by Gasteiger charge is 2.42. The fraction of sp³-hybridized carbons (Fsp3) is 0.655. The van der Waals surface area contributed by atoms with Crippen LogP contribution in [0, 0.1) is 11.3 Å². The third-order valence-corrected chi connectivity index (χ3v) is 7.09. The van der Waals surface area contributed by atoms with Crippen LogP contribution >= 0.6 is 0 Å². The predicted molar refractivity (Wildman–Crippen MR) is 146 cm³/mol. The van der Waals surface area contributed by atoms with Crippen LogP contribution < -0.4 is 10.5 Å². The number of unbranched alkanes of at least 4 members (excludes halogenated alkanes) is 4. The molecule has 1 aromatic rings. The summed E-state index contributed by atoms with van der Waals surface area (Å²) in [5.74, 6) is -1.12. The zero-order valence-electron chi connectivity index (χ0n) is 24.0. The summed E-state index contributed by atoms with van der Waals surface area (Å²) in [7, 11) is 4.65. The number of hydrogen-bond acceptors (Lipinski definition) is 5. The fourth-order valence-corrected chi connectivity index (χ4v) is 4.62. The summed E-state index contributed by atoms with van der Waals surface area (Å²) in [5, 5.41) is 0. The molecule has 2 atom stereocenters. The predicted octanol–water partition coefficient (Wildman–Crippen LogP) is 3.99. The van der Waals surface area contributed by atoms with Crippen molar-refractivity contribution in [3.8, 4) is 5.75 Å². The van der Waals surface area contributed by atoms with Crippen molar-refractivity contribution in [1.82, 2.24) is 9.80 Å². The van der Waals surface area contributed by atoms with Gasteiger partial charge in [-0.3, -0.25) is 19.2 Å². The van der Waals surface area contributed by atoms with E-state index in [4.69, 9.17) is 10.5 Å². The summed E-state index contributed by atoms with van der Waals surface area (Å²) < 4.78 is 5.23. The molecule has 0 radical (unpaired) electrons. The monoisotopic (exact) mass is 517 g/mol. The van der Waals surface area contributed by atoms with Gasteiger partial charge >= 0.3 is 0 Å². The van der Waals surface area contributed by atoms with Crippen LogP contribution in [-0.4, -0.2) is 66.6 Å². The molecule has 0 aliphatic heterocycles. The van der Waals surface area contributed by atoms with Gasteiger partial charge in [-0.2, -0.15) is 0 Å². The number of likely N-dealkylation sites (N-methyl/N-ethyl adjacent to an activating group) is 2. The first-order valence-electron chi connectivity index (χ1n) is 13.3. The molecule has 0 heterocycles. The standard InChI is InChI=1S/C29H47N3O5/c1-9-10-11-12-13-14-24(33)29(4,5)28(36)31(6)23(19-21-15-17-22(37-8)18-16-21)27(35)32(7)25(20(2)3)26(30)34/h15-18,20,23,25H,9-14,19H2,1-8H3,(H2,30,34)/t23-,25+/m1/s1. The van der Waals surface area contributed by atoms with Crippen LogP contribution in [0.2, 0.25) is 0 Å². The summed E-state index contributed by atoms with van der Waals surface area (Å²) in [6, 6.07) is 5.48. The summed E-state index contributed by atoms with van der Waals surface area (Å²) in [6.45, 7) is 9.01. The lowest BCUT2D eigenvalue weighted by atomic mass is 9.83. The van der Waals surface area contributed by atoms with Gasteiger partial charge in [0.05, 0.1) is 7.11 Å². The number of primary amides is 1. The third-order valence-electron chi connectivity index (χ3n) is 7.09. The second-order valence-corrected chi connectivity index (χ2v) is 10.7. The molecule has 1 aromatic carbocycles. The Hall–Kier alpha value is -2.90. The highest BCUT2D eigenvalue weighted by molar-refractivity contribution is 6.06. The van der Waals surface area contributed by atoms with Crippen molar-refractivity contribution in [2.45, 2.75) is 91.6 Å². The molecule has 0 fully saturated rings. The van der Waals surface area contributed by atoms with Gasteiger partial charge in [0, 0.05) is 26.9 Å². The maximum absolute atomic E-state index is 13.8. The van der Waals surface area contributed by atoms with Gasteiger partial charge in [-0.1, -0.05) is 58.6 Å². The van der Waals surface area contributed by atoms with Crippen LogP contribution in [-0.2, 0) is 25.6 Å². The van der Waals surface area contributed by atoms with Gasteiger partial charge in [0.1, 0.15) is 29.0 Å². The average molecular weight is 518 g/mol. The van der Waals surface area contributed by atoms with E-state index in [0.717, 1.165) is 37.7 Å². The zero-order chi connectivity index (χ0) is 28.3. The third kappa shape index (κ3) is 8.86. The largest absolute Gasteiger partial charge is 0.497 e. The van der Waals surface area contributed by atoms with E-state index in [-0.39, 0.29) is 18.1 Å². The van der Waals surface area contributed by atoms with Gasteiger partial charge in [-0.05, 0) is 43.9 Å². The number of carbonyl (C=O) groups is 4. The Kier molecular flexibility index (Phi) is 12.8. The molecule has 0 bridgehead atoms. The van der Waals surface area contributed by atoms with Gasteiger partial charge in [-0.15, -0.1) is 0 Å². The Bertz CT molecular complexity index is 911. The Morgan fingerprint density at radius 3 is 2.00 bits per heavy atom. The van der Waals surface area contributed by atoms with E-state index in [2.05, 4.69) is 6.92 Å². The topological polar surface area (TPSA) is 110 Å². The van der Waals surface area contributed by atoms with E-state index in [0.29, 0.717) is 12.2 Å². The summed E-state index contributed by atoms with van der Waals surface area (Å²) in [6.07, 6.45) is 5.54. The highest BCUT2D eigenvalue weighted by atomic mass is 16.5. The molecule has 37 heavy (non-hydrogen) atoms. The number of methoxy groups -OCH3 is 1. The first kappa shape index (κ1) is 32.1. The molecule has 0 saturated heterocycles. The molecule has 0 spiro atoms. The van der Waals surface area contributed by atoms with Crippen LogP contribution in [0.1, 0.15) is 78.7 Å². The zero-order valence-corrected chi connectivity index (χ0v) is 24.0. The molecular weight excluding hydrogens is 470 g/mol. The SMILES string of the molecule is CCCCCCCC(=O)C(C)(C)C(=O)N(C)[C@H](Cc1ccc(OC)cc1)C(=O)N(C)[C@H](C(N)=O)C(C)C. The number of Topliss-reactive ketones (excluding diaryl/α,β-unsaturated/α-hetero) is 1. The number of amides is 3. The van der Waals surface area contributed by atoms with Crippen LogP contribution in [0.3, 0.4) is 0 Å². The first-order chi connectivity index (χ1) is 17.3. The van der Waals surface area contributed by atoms with E-state index in [1.807, 2.05) is 26.0 Å². The molecule has 208 valence electrons. The van der Waals surface area contributed by atoms with E-state index in [1.54, 1.807) is 40.1 Å². The summed E-state index contributed by atoms with van der Waals surface area (Å²) >= 11 is 0. The number of ether oxygens (including phenoxy) is 1. The number of ketones is 1. The number of hydrogen-bond donors (Lipinski definition) is 1. The van der Waals surface area contributed by atoms with Crippen molar-refractivity contribution in [3.05, 3.63) is 29.8 Å². The molecule has 3 amide bonds. The van der Waals surface area contributed by atoms with Crippen LogP contribution in [0.25, 0.3) is 0 Å². The Balaban J connectivity index is 3.24. The maximum atomic E-state index is 13.8. The van der Waals surface area contributed by atoms with Gasteiger partial charge in [0.2, 0.25) is 17.7 Å². The molecule has 2 N–H and O–H groups in total. The lowest BCUT2D eigenvalue weighted by Crippen LogP contribution is -2.58. The van der Waals surface area contributed by atoms with E-state index < -0.39 is 35.2 Å². The second kappa shape index (κ2) is 14.7. The molecule has 8 heteroatoms. The van der Waals surface area contributed by atoms with Crippen molar-refractivity contribution in [3.63, 3.8) is 0 Å². The first-order valence-corrected chi connectivity index (χ1v) is 13.3. The average Bonchev–Trinajstić information content (AvgIpc) is 2.85. The van der Waals surface area contributed by atoms with Crippen LogP contribution in [0.5, 0.6) is 5.75 Å². The number of nitrogens with two attached hydrogens (primary N) is 1. The smallest absolute Gasteiger partial charge is 0.246 e. The van der Waals surface area contributed by atoms with Crippen molar-refractivity contribution < 1.29 is 23.9 Å². The van der Waals surface area contributed by atoms with E-state index in [9.17, 15) is 19.2 Å². The van der Waals surface area contributed by atoms with Crippen molar-refractivity contribution in [1.29, 1.82) is 0 Å². The minimum absolute atomic E-state index is 0.137. The molecule has 1 rings (SSSR count). The van der Waals surface area contributed by atoms with E-state index in [1.165, 1.54) is 16.8 Å². The molecular formula is C29H47N3O5. The van der Waals surface area contributed by atoms with Crippen LogP contribution in [0.15, 0.2) is 24.3 Å². The summed E-state index contributed by atoms with van der Waals surface area (Å²) in [5.41, 5.74) is 5.14. The number of carbonyl (C=O) groups excluding carboxylic acids is 4. The van der Waals surface area contributed by atoms with Crippen molar-refractivity contribution >= 4 is 23.5 Å².